The Bertz CT molecular complexity index is 1380. The number of thiophene rings is 2. The second kappa shape index (κ2) is 9.23. The van der Waals surface area contributed by atoms with Crippen LogP contribution in [0.1, 0.15) is 12.5 Å². The Balaban J connectivity index is 1.58. The van der Waals surface area contributed by atoms with Crippen LogP contribution in [0.15, 0.2) is 51.0 Å². The van der Waals surface area contributed by atoms with Gasteiger partial charge >= 0.3 is 0 Å². The average molecular weight is 487 g/mol. The van der Waals surface area contributed by atoms with Gasteiger partial charge in [-0.3, -0.25) is 24.3 Å². The molecule has 0 aliphatic rings. The van der Waals surface area contributed by atoms with Gasteiger partial charge in [0.2, 0.25) is 5.91 Å². The molecule has 32 heavy (non-hydrogen) atoms. The number of nitrogens with zero attached hydrogens (tertiary/aromatic N) is 3. The van der Waals surface area contributed by atoms with Crippen LogP contribution >= 0.6 is 34.4 Å². The van der Waals surface area contributed by atoms with Gasteiger partial charge in [0.1, 0.15) is 10.5 Å². The quantitative estimate of drug-likeness (QED) is 0.167. The minimum Gasteiger partial charge on any atom is -0.320 e. The molecule has 0 unspecified atom stereocenters. The highest BCUT2D eigenvalue weighted by Crippen LogP contribution is 2.34. The van der Waals surface area contributed by atoms with E-state index in [1.165, 1.54) is 23.5 Å². The van der Waals surface area contributed by atoms with Gasteiger partial charge in [0.05, 0.1) is 16.1 Å². The Kier molecular flexibility index (Phi) is 6.40. The molecule has 1 N–H and O–H groups in total. The maximum atomic E-state index is 13.2. The Morgan fingerprint density at radius 1 is 1.31 bits per heavy atom. The summed E-state index contributed by atoms with van der Waals surface area (Å²) in [6.07, 6.45) is 0. The zero-order chi connectivity index (χ0) is 22.8. The molecule has 1 amide bonds. The Morgan fingerprint density at radius 3 is 2.81 bits per heavy atom. The zero-order valence-corrected chi connectivity index (χ0v) is 19.6. The van der Waals surface area contributed by atoms with Crippen LogP contribution in [-0.2, 0) is 11.3 Å². The first-order valence-electron chi connectivity index (χ1n) is 9.62. The Labute approximate surface area is 195 Å². The van der Waals surface area contributed by atoms with Crippen molar-refractivity contribution in [2.75, 3.05) is 11.1 Å². The molecule has 3 heterocycles. The largest absolute Gasteiger partial charge is 0.320 e. The lowest BCUT2D eigenvalue weighted by molar-refractivity contribution is -0.384. The van der Waals surface area contributed by atoms with Crippen molar-refractivity contribution >= 4 is 61.9 Å². The molecule has 4 aromatic rings. The SMILES string of the molecule is CCn1c(SCC(=O)Nc2ccc(C)cc2[N+](=O)[O-])nc2scc(-c3cccs3)c2c1=O. The number of fused-ring (bicyclic) bond motifs is 1. The summed E-state index contributed by atoms with van der Waals surface area (Å²) in [6.45, 7) is 4.01. The van der Waals surface area contributed by atoms with E-state index in [4.69, 9.17) is 0 Å². The lowest BCUT2D eigenvalue weighted by Crippen LogP contribution is -2.23. The predicted octanol–water partition coefficient (Wildman–Crippen LogP) is 5.15. The van der Waals surface area contributed by atoms with Gasteiger partial charge in [-0.15, -0.1) is 22.7 Å². The molecule has 0 saturated heterocycles. The van der Waals surface area contributed by atoms with E-state index in [0.29, 0.717) is 21.9 Å². The summed E-state index contributed by atoms with van der Waals surface area (Å²) in [6, 6.07) is 8.53. The van der Waals surface area contributed by atoms with Gasteiger partial charge in [-0.25, -0.2) is 4.98 Å². The van der Waals surface area contributed by atoms with Crippen LogP contribution in [0.2, 0.25) is 0 Å². The number of benzene rings is 1. The van der Waals surface area contributed by atoms with Crippen molar-refractivity contribution in [3.05, 3.63) is 67.1 Å². The lowest BCUT2D eigenvalue weighted by Gasteiger charge is -2.11. The summed E-state index contributed by atoms with van der Waals surface area (Å²) >= 11 is 4.09. The molecule has 164 valence electrons. The molecule has 0 spiro atoms. The van der Waals surface area contributed by atoms with Crippen LogP contribution in [0.3, 0.4) is 0 Å². The third kappa shape index (κ3) is 4.31. The molecule has 0 saturated carbocycles. The number of aromatic nitrogens is 2. The molecule has 0 aliphatic carbocycles. The summed E-state index contributed by atoms with van der Waals surface area (Å²) in [5.41, 5.74) is 1.45. The molecule has 0 fully saturated rings. The molecule has 1 aromatic carbocycles. The first-order valence-corrected chi connectivity index (χ1v) is 12.4. The van der Waals surface area contributed by atoms with E-state index in [1.807, 2.05) is 29.8 Å². The molecule has 0 bridgehead atoms. The zero-order valence-electron chi connectivity index (χ0n) is 17.2. The maximum absolute atomic E-state index is 13.2. The van der Waals surface area contributed by atoms with Crippen LogP contribution in [0.25, 0.3) is 20.7 Å². The van der Waals surface area contributed by atoms with Crippen molar-refractivity contribution in [2.24, 2.45) is 0 Å². The van der Waals surface area contributed by atoms with Crippen molar-refractivity contribution in [1.82, 2.24) is 9.55 Å². The number of hydrogen-bond acceptors (Lipinski definition) is 8. The highest BCUT2D eigenvalue weighted by molar-refractivity contribution is 7.99. The number of nitrogens with one attached hydrogen (secondary N) is 1. The van der Waals surface area contributed by atoms with Gasteiger partial charge in [0, 0.05) is 28.4 Å². The molecule has 3 aromatic heterocycles. The monoisotopic (exact) mass is 486 g/mol. The molecule has 0 radical (unpaired) electrons. The Morgan fingerprint density at radius 2 is 2.12 bits per heavy atom. The van der Waals surface area contributed by atoms with Gasteiger partial charge in [0.25, 0.3) is 11.2 Å². The van der Waals surface area contributed by atoms with E-state index < -0.39 is 10.8 Å². The fourth-order valence-electron chi connectivity index (χ4n) is 3.22. The number of amides is 1. The number of nitro groups is 1. The minimum atomic E-state index is -0.526. The van der Waals surface area contributed by atoms with E-state index in [2.05, 4.69) is 10.3 Å². The number of carbonyl (C=O) groups excluding carboxylic acids is 1. The van der Waals surface area contributed by atoms with Crippen molar-refractivity contribution < 1.29 is 9.72 Å². The third-order valence-corrected chi connectivity index (χ3v) is 7.47. The van der Waals surface area contributed by atoms with Gasteiger partial charge in [-0.2, -0.15) is 0 Å². The summed E-state index contributed by atoms with van der Waals surface area (Å²) in [5.74, 6) is -0.448. The normalized spacial score (nSPS) is 11.1. The first-order chi connectivity index (χ1) is 15.4. The number of rotatable bonds is 7. The summed E-state index contributed by atoms with van der Waals surface area (Å²) < 4.78 is 1.55. The van der Waals surface area contributed by atoms with Crippen LogP contribution in [0.4, 0.5) is 11.4 Å². The van der Waals surface area contributed by atoms with Crippen LogP contribution < -0.4 is 10.9 Å². The molecule has 4 rings (SSSR count). The topological polar surface area (TPSA) is 107 Å². The number of anilines is 1. The average Bonchev–Trinajstić information content (AvgIpc) is 3.43. The standard InChI is InChI=1S/C21H18N4O4S3/c1-3-24-20(27)18-13(16-5-4-8-30-16)10-31-19(18)23-21(24)32-11-17(26)22-14-7-6-12(2)9-15(14)25(28)29/h4-10H,3,11H2,1-2H3,(H,22,26). The summed E-state index contributed by atoms with van der Waals surface area (Å²) in [7, 11) is 0. The van der Waals surface area contributed by atoms with E-state index in [1.54, 1.807) is 28.9 Å². The number of aryl methyl sites for hydroxylation is 1. The fourth-order valence-corrected chi connectivity index (χ4v) is 5.89. The van der Waals surface area contributed by atoms with Gasteiger partial charge < -0.3 is 5.32 Å². The highest BCUT2D eigenvalue weighted by Gasteiger charge is 2.19. The van der Waals surface area contributed by atoms with Gasteiger partial charge in [0.15, 0.2) is 5.16 Å². The Hall–Kier alpha value is -3.02. The van der Waals surface area contributed by atoms with E-state index >= 15 is 0 Å². The molecular formula is C21H18N4O4S3. The highest BCUT2D eigenvalue weighted by atomic mass is 32.2. The van der Waals surface area contributed by atoms with E-state index in [-0.39, 0.29) is 22.7 Å². The number of thioether (sulfide) groups is 1. The van der Waals surface area contributed by atoms with Crippen molar-refractivity contribution in [1.29, 1.82) is 0 Å². The number of nitro benzene ring substituents is 1. The predicted molar refractivity (Wildman–Crippen MR) is 130 cm³/mol. The van der Waals surface area contributed by atoms with Crippen molar-refractivity contribution in [2.45, 2.75) is 25.5 Å². The fraction of sp³-hybridized carbons (Fsp3) is 0.190. The molecule has 11 heteroatoms. The van der Waals surface area contributed by atoms with Gasteiger partial charge in [-0.05, 0) is 36.9 Å². The number of hydrogen-bond donors (Lipinski definition) is 1. The lowest BCUT2D eigenvalue weighted by atomic mass is 10.2. The molecule has 0 atom stereocenters. The van der Waals surface area contributed by atoms with Gasteiger partial charge in [-0.1, -0.05) is 23.9 Å². The minimum absolute atomic E-state index is 0.0356. The smallest absolute Gasteiger partial charge is 0.293 e. The maximum Gasteiger partial charge on any atom is 0.293 e. The van der Waals surface area contributed by atoms with E-state index in [0.717, 1.165) is 27.8 Å². The van der Waals surface area contributed by atoms with E-state index in [9.17, 15) is 19.7 Å². The summed E-state index contributed by atoms with van der Waals surface area (Å²) in [4.78, 5) is 42.7. The van der Waals surface area contributed by atoms with Crippen LogP contribution in [-0.4, -0.2) is 26.1 Å². The second-order valence-electron chi connectivity index (χ2n) is 6.87. The third-order valence-electron chi connectivity index (χ3n) is 4.72. The number of carbonyl (C=O) groups is 1. The van der Waals surface area contributed by atoms with Crippen LogP contribution in [0, 0.1) is 17.0 Å². The molecule has 0 aliphatic heterocycles. The first kappa shape index (κ1) is 22.2. The van der Waals surface area contributed by atoms with Crippen LogP contribution in [0.5, 0.6) is 0 Å². The van der Waals surface area contributed by atoms with Crippen molar-refractivity contribution in [3.63, 3.8) is 0 Å². The van der Waals surface area contributed by atoms with Crippen molar-refractivity contribution in [3.8, 4) is 10.4 Å². The second-order valence-corrected chi connectivity index (χ2v) is 9.61. The molecular weight excluding hydrogens is 468 g/mol. The summed E-state index contributed by atoms with van der Waals surface area (Å²) in [5, 5.41) is 18.8. The molecule has 8 nitrogen and oxygen atoms in total.